The number of aryl methyl sites for hydroxylation is 1. The van der Waals surface area contributed by atoms with Gasteiger partial charge in [0.05, 0.1) is 28.2 Å². The van der Waals surface area contributed by atoms with E-state index in [4.69, 9.17) is 63.6 Å². The van der Waals surface area contributed by atoms with Gasteiger partial charge in [0.15, 0.2) is 0 Å². The van der Waals surface area contributed by atoms with Gasteiger partial charge in [-0.05, 0) is 212 Å². The molecule has 0 bridgehead atoms. The molecule has 3 aliphatic heterocycles. The van der Waals surface area contributed by atoms with Crippen molar-refractivity contribution < 1.29 is 33.2 Å². The van der Waals surface area contributed by atoms with Crippen molar-refractivity contribution in [1.29, 1.82) is 0 Å². The fourth-order valence-electron chi connectivity index (χ4n) is 13.6. The molecule has 9 aromatic carbocycles. The Hall–Kier alpha value is -8.57. The summed E-state index contributed by atoms with van der Waals surface area (Å²) in [6.45, 7) is 7.50. The van der Waals surface area contributed by atoms with Crippen LogP contribution in [0.2, 0.25) is 20.1 Å². The molecule has 0 saturated carbocycles. The second-order valence-electron chi connectivity index (χ2n) is 27.1. The van der Waals surface area contributed by atoms with Crippen LogP contribution in [-0.4, -0.2) is 145 Å². The molecule has 12 N–H and O–H groups in total. The summed E-state index contributed by atoms with van der Waals surface area (Å²) in [4.78, 5) is 83.9. The molecule has 0 aromatic heterocycles. The lowest BCUT2D eigenvalue weighted by Crippen LogP contribution is -2.48. The number of benzene rings is 9. The van der Waals surface area contributed by atoms with E-state index >= 15 is 0 Å². The SMILES string of the molecule is Cc1cc(F)cc(CN2CC[C@@H](CNC(=O)c3ccc4ccccc4c3)N[C@@H](CCCN)C2=O)c1.NCCC[C@@H]1N[C@H](CNC(=O)c2ccc3ccccc3c2)CCN(Cc2ccc(Cl)c(Cl)c2)C1=O.NCCC[C@@H]1N[C@H](CNC(=O)c2ccc3ccccc3c2)CCN(Cc2ccc(Cl)cc2Cl)C1=O. The molecule has 12 rings (SSSR count). The van der Waals surface area contributed by atoms with Crippen LogP contribution in [0.15, 0.2) is 182 Å². The molecule has 0 radical (unpaired) electrons. The van der Waals surface area contributed by atoms with Gasteiger partial charge < -0.3 is 63.8 Å². The van der Waals surface area contributed by atoms with Gasteiger partial charge in [-0.1, -0.05) is 156 Å². The number of fused-ring (bicyclic) bond motifs is 3. The van der Waals surface area contributed by atoms with Crippen LogP contribution in [0.5, 0.6) is 0 Å². The minimum Gasteiger partial charge on any atom is -0.350 e. The lowest BCUT2D eigenvalue weighted by atomic mass is 10.1. The van der Waals surface area contributed by atoms with Crippen molar-refractivity contribution in [3.8, 4) is 0 Å². The van der Waals surface area contributed by atoms with Crippen LogP contribution >= 0.6 is 46.4 Å². The third-order valence-corrected chi connectivity index (χ3v) is 20.6. The molecular formula is C82H93Cl4FN12O6. The fourth-order valence-corrected chi connectivity index (χ4v) is 14.4. The first-order valence-corrected chi connectivity index (χ1v) is 37.5. The maximum absolute atomic E-state index is 13.9. The van der Waals surface area contributed by atoms with Gasteiger partial charge in [-0.25, -0.2) is 4.39 Å². The normalized spacial score (nSPS) is 18.5. The Bertz CT molecular complexity index is 4480. The number of carbonyl (C=O) groups excluding carboxylic acids is 6. The maximum Gasteiger partial charge on any atom is 0.251 e. The second kappa shape index (κ2) is 39.2. The number of rotatable bonds is 24. The summed E-state index contributed by atoms with van der Waals surface area (Å²) in [7, 11) is 0. The molecule has 3 fully saturated rings. The van der Waals surface area contributed by atoms with Gasteiger partial charge in [-0.15, -0.1) is 0 Å². The number of carbonyl (C=O) groups is 6. The van der Waals surface area contributed by atoms with Crippen molar-refractivity contribution in [3.63, 3.8) is 0 Å². The van der Waals surface area contributed by atoms with Gasteiger partial charge in [0.2, 0.25) is 17.7 Å². The number of halogens is 5. The number of amides is 6. The van der Waals surface area contributed by atoms with Gasteiger partial charge in [-0.2, -0.15) is 0 Å². The molecule has 0 aliphatic carbocycles. The van der Waals surface area contributed by atoms with Gasteiger partial charge in [-0.3, -0.25) is 28.8 Å². The van der Waals surface area contributed by atoms with Crippen LogP contribution in [0.25, 0.3) is 32.3 Å². The lowest BCUT2D eigenvalue weighted by molar-refractivity contribution is -0.134. The van der Waals surface area contributed by atoms with E-state index < -0.39 is 6.04 Å². The Morgan fingerprint density at radius 1 is 0.429 bits per heavy atom. The van der Waals surface area contributed by atoms with E-state index in [0.29, 0.717) is 160 Å². The van der Waals surface area contributed by atoms with Crippen LogP contribution < -0.4 is 49.1 Å². The molecular weight excluding hydrogens is 1410 g/mol. The first kappa shape index (κ1) is 79.0. The number of hydrogen-bond donors (Lipinski definition) is 9. The van der Waals surface area contributed by atoms with Crippen LogP contribution in [-0.2, 0) is 34.0 Å². The van der Waals surface area contributed by atoms with Crippen molar-refractivity contribution in [3.05, 3.63) is 247 Å². The Morgan fingerprint density at radius 3 is 1.20 bits per heavy atom. The zero-order chi connectivity index (χ0) is 74.4. The van der Waals surface area contributed by atoms with E-state index in [-0.39, 0.29) is 71.5 Å². The molecule has 0 unspecified atom stereocenters. The fraction of sp³-hybridized carbons (Fsp3) is 0.341. The Morgan fingerprint density at radius 2 is 0.819 bits per heavy atom. The van der Waals surface area contributed by atoms with Crippen LogP contribution in [0, 0.1) is 12.7 Å². The molecule has 9 aromatic rings. The molecule has 3 heterocycles. The number of nitrogens with zero attached hydrogens (tertiary/aromatic N) is 3. The van der Waals surface area contributed by atoms with E-state index in [0.717, 1.165) is 67.4 Å². The molecule has 23 heteroatoms. The molecule has 105 heavy (non-hydrogen) atoms. The summed E-state index contributed by atoms with van der Waals surface area (Å²) >= 11 is 24.6. The largest absolute Gasteiger partial charge is 0.350 e. The molecule has 0 spiro atoms. The minimum absolute atomic E-state index is 0.0104. The lowest BCUT2D eigenvalue weighted by Gasteiger charge is -2.25. The van der Waals surface area contributed by atoms with Crippen LogP contribution in [0.4, 0.5) is 4.39 Å². The molecule has 18 nitrogen and oxygen atoms in total. The zero-order valence-corrected chi connectivity index (χ0v) is 62.1. The van der Waals surface area contributed by atoms with Crippen molar-refractivity contribution in [1.82, 2.24) is 46.6 Å². The highest BCUT2D eigenvalue weighted by atomic mass is 35.5. The second-order valence-corrected chi connectivity index (χ2v) is 28.8. The third-order valence-electron chi connectivity index (χ3n) is 19.2. The van der Waals surface area contributed by atoms with Crippen LogP contribution in [0.3, 0.4) is 0 Å². The van der Waals surface area contributed by atoms with E-state index in [1.165, 1.54) is 12.1 Å². The van der Waals surface area contributed by atoms with E-state index in [9.17, 15) is 33.2 Å². The average Bonchev–Trinajstić information content (AvgIpc) is 1.27. The highest BCUT2D eigenvalue weighted by molar-refractivity contribution is 6.42. The summed E-state index contributed by atoms with van der Waals surface area (Å²) in [6, 6.07) is 55.2. The topological polar surface area (TPSA) is 262 Å². The van der Waals surface area contributed by atoms with Crippen molar-refractivity contribution in [2.24, 2.45) is 17.2 Å². The Kier molecular flexibility index (Phi) is 29.5. The molecule has 3 saturated heterocycles. The first-order chi connectivity index (χ1) is 50.8. The van der Waals surface area contributed by atoms with Gasteiger partial charge in [0, 0.05) is 104 Å². The van der Waals surface area contributed by atoms with Gasteiger partial charge >= 0.3 is 0 Å². The van der Waals surface area contributed by atoms with E-state index in [2.05, 4.69) is 31.9 Å². The zero-order valence-electron chi connectivity index (χ0n) is 59.0. The number of nitrogens with two attached hydrogens (primary N) is 3. The van der Waals surface area contributed by atoms with Gasteiger partial charge in [0.25, 0.3) is 17.7 Å². The summed E-state index contributed by atoms with van der Waals surface area (Å²) in [5.74, 6) is -0.645. The average molecular weight is 1500 g/mol. The maximum atomic E-state index is 13.9. The summed E-state index contributed by atoms with van der Waals surface area (Å²) in [5.41, 5.74) is 22.4. The first-order valence-electron chi connectivity index (χ1n) is 36.0. The van der Waals surface area contributed by atoms with Crippen molar-refractivity contribution in [2.45, 2.75) is 121 Å². The molecule has 552 valence electrons. The third kappa shape index (κ3) is 22.7. The smallest absolute Gasteiger partial charge is 0.251 e. The van der Waals surface area contributed by atoms with Crippen LogP contribution in [0.1, 0.15) is 111 Å². The van der Waals surface area contributed by atoms with E-state index in [1.54, 1.807) is 29.2 Å². The van der Waals surface area contributed by atoms with E-state index in [1.807, 2.05) is 162 Å². The molecule has 3 aliphatic rings. The summed E-state index contributed by atoms with van der Waals surface area (Å²) < 4.78 is 13.9. The van der Waals surface area contributed by atoms with Gasteiger partial charge in [0.1, 0.15) is 5.82 Å². The quantitative estimate of drug-likeness (QED) is 0.0274. The van der Waals surface area contributed by atoms with Crippen molar-refractivity contribution >= 4 is 114 Å². The molecule has 6 atom stereocenters. The Balaban J connectivity index is 0.000000169. The summed E-state index contributed by atoms with van der Waals surface area (Å²) in [6.07, 6.45) is 6.16. The summed E-state index contributed by atoms with van der Waals surface area (Å²) in [5, 5.41) is 27.9. The number of nitrogens with one attached hydrogen (secondary N) is 6. The predicted octanol–water partition coefficient (Wildman–Crippen LogP) is 12.3. The monoisotopic (exact) mass is 1500 g/mol. The number of hydrogen-bond acceptors (Lipinski definition) is 12. The predicted molar refractivity (Wildman–Crippen MR) is 420 cm³/mol. The highest BCUT2D eigenvalue weighted by Gasteiger charge is 2.34. The standard InChI is InChI=1S/C28H33FN4O2.2C27H30Cl2N4O2/c1-19-13-20(15-24(29)14-19)18-33-12-10-25(32-26(28(33)35)7-4-11-30)17-31-27(34)23-9-8-21-5-2-3-6-22(21)16-23;28-23-10-7-18(14-24(23)29)17-33-13-11-22(32-25(27(33)35)6-3-12-30)16-31-26(34)21-9-8-19-4-1-2-5-20(19)15-21;28-22-10-9-21(24(29)15-22)17-33-13-11-23(32-25(27(33)35)6-3-12-30)16-31-26(34)20-8-7-18-4-1-2-5-19(18)14-20/h2-3,5-6,8-9,13-16,25-26,32H,4,7,10-12,17-18,30H2,1H3,(H,31,34);1-2,4-5,7-10,14-15,22,25,32H,3,6,11-13,16-17,30H2,(H,31,34);1-2,4-5,7-10,14-15,23,25,32H,3,6,11-13,16-17,30H2,(H,31,34)/t25-,26-;22-,25-;23-,25-/m000/s1. The minimum atomic E-state index is -0.390. The molecule has 6 amide bonds. The Labute approximate surface area is 633 Å². The van der Waals surface area contributed by atoms with Crippen molar-refractivity contribution in [2.75, 3.05) is 58.9 Å². The highest BCUT2D eigenvalue weighted by Crippen LogP contribution is 2.28.